The summed E-state index contributed by atoms with van der Waals surface area (Å²) in [6, 6.07) is 15.8. The van der Waals surface area contributed by atoms with Crippen LogP contribution in [0.4, 0.5) is 0 Å². The number of thiazole rings is 1. The molecule has 138 valence electrons. The average molecular weight is 396 g/mol. The van der Waals surface area contributed by atoms with Gasteiger partial charge in [-0.2, -0.15) is 0 Å². The summed E-state index contributed by atoms with van der Waals surface area (Å²) in [6.07, 6.45) is 2.73. The third kappa shape index (κ3) is 4.94. The number of nitrogens with zero attached hydrogens (tertiary/aromatic N) is 1. The van der Waals surface area contributed by atoms with Gasteiger partial charge >= 0.3 is 0 Å². The minimum absolute atomic E-state index is 0.215. The van der Waals surface area contributed by atoms with E-state index in [1.54, 1.807) is 11.3 Å². The molecule has 2 aromatic carbocycles. The fourth-order valence-electron chi connectivity index (χ4n) is 2.93. The van der Waals surface area contributed by atoms with Crippen molar-refractivity contribution in [2.24, 2.45) is 5.92 Å². The summed E-state index contributed by atoms with van der Waals surface area (Å²) in [4.78, 5) is 18.3. The summed E-state index contributed by atoms with van der Waals surface area (Å²) in [5.41, 5.74) is 3.94. The smallest absolute Gasteiger partial charge is 0.139 e. The van der Waals surface area contributed by atoms with Gasteiger partial charge in [0.2, 0.25) is 0 Å². The van der Waals surface area contributed by atoms with Crippen molar-refractivity contribution in [1.29, 1.82) is 0 Å². The highest BCUT2D eigenvalue weighted by atomic mass is 35.5. The van der Waals surface area contributed by atoms with Crippen molar-refractivity contribution in [2.75, 3.05) is 0 Å². The Labute approximate surface area is 169 Å². The fraction of sp³-hybridized carbons (Fsp3) is 0.217. The van der Waals surface area contributed by atoms with Crippen LogP contribution in [0.3, 0.4) is 0 Å². The summed E-state index contributed by atoms with van der Waals surface area (Å²) in [5, 5.41) is 1.59. The quantitative estimate of drug-likeness (QED) is 0.434. The number of ketones is 1. The van der Waals surface area contributed by atoms with Crippen LogP contribution in [0.15, 0.2) is 55.1 Å². The van der Waals surface area contributed by atoms with Gasteiger partial charge < -0.3 is 0 Å². The van der Waals surface area contributed by atoms with Gasteiger partial charge in [-0.3, -0.25) is 4.79 Å². The lowest BCUT2D eigenvalue weighted by atomic mass is 10.0. The van der Waals surface area contributed by atoms with E-state index in [2.05, 4.69) is 20.4 Å². The molecule has 0 aliphatic rings. The number of halogens is 1. The first-order valence-electron chi connectivity index (χ1n) is 8.96. The molecule has 27 heavy (non-hydrogen) atoms. The SMILES string of the molecule is C=Cc1ccc(-c2nc(CC(=O)CC(C)C)c(-c3cccc(Cl)c3)s2)cc1. The lowest BCUT2D eigenvalue weighted by Gasteiger charge is -2.05. The van der Waals surface area contributed by atoms with Gasteiger partial charge in [0.05, 0.1) is 17.0 Å². The third-order valence-corrected chi connectivity index (χ3v) is 5.61. The first-order valence-corrected chi connectivity index (χ1v) is 10.2. The predicted octanol–water partition coefficient (Wildman–Crippen LogP) is 6.93. The summed E-state index contributed by atoms with van der Waals surface area (Å²) in [6.45, 7) is 7.91. The van der Waals surface area contributed by atoms with E-state index in [1.807, 2.05) is 54.6 Å². The van der Waals surface area contributed by atoms with Crippen molar-refractivity contribution in [3.05, 3.63) is 71.4 Å². The molecule has 0 saturated carbocycles. The molecule has 4 heteroatoms. The van der Waals surface area contributed by atoms with Crippen LogP contribution in [0, 0.1) is 5.92 Å². The number of Topliss-reactive ketones (excluding diaryl/α,β-unsaturated/α-hetero) is 1. The Hall–Kier alpha value is -2.23. The highest BCUT2D eigenvalue weighted by molar-refractivity contribution is 7.18. The molecule has 0 aliphatic carbocycles. The maximum absolute atomic E-state index is 12.4. The van der Waals surface area contributed by atoms with E-state index >= 15 is 0 Å². The molecule has 0 radical (unpaired) electrons. The third-order valence-electron chi connectivity index (χ3n) is 4.18. The van der Waals surface area contributed by atoms with Gasteiger partial charge in [-0.05, 0) is 29.2 Å². The molecule has 1 aromatic heterocycles. The molecule has 0 bridgehead atoms. The van der Waals surface area contributed by atoms with Gasteiger partial charge in [-0.15, -0.1) is 11.3 Å². The van der Waals surface area contributed by atoms with Crippen molar-refractivity contribution < 1.29 is 4.79 Å². The Morgan fingerprint density at radius 2 is 1.93 bits per heavy atom. The highest BCUT2D eigenvalue weighted by Crippen LogP contribution is 2.37. The van der Waals surface area contributed by atoms with Crippen LogP contribution < -0.4 is 0 Å². The molecular weight excluding hydrogens is 374 g/mol. The summed E-state index contributed by atoms with van der Waals surface area (Å²) in [7, 11) is 0. The molecule has 0 saturated heterocycles. The van der Waals surface area contributed by atoms with Crippen molar-refractivity contribution in [3.63, 3.8) is 0 Å². The Bertz CT molecular complexity index is 957. The zero-order valence-electron chi connectivity index (χ0n) is 15.5. The number of benzene rings is 2. The minimum atomic E-state index is 0.215. The largest absolute Gasteiger partial charge is 0.299 e. The van der Waals surface area contributed by atoms with Crippen LogP contribution >= 0.6 is 22.9 Å². The number of rotatable bonds is 7. The van der Waals surface area contributed by atoms with E-state index in [-0.39, 0.29) is 5.78 Å². The van der Waals surface area contributed by atoms with Crippen molar-refractivity contribution in [1.82, 2.24) is 4.98 Å². The average Bonchev–Trinajstić information content (AvgIpc) is 3.04. The number of hydrogen-bond acceptors (Lipinski definition) is 3. The molecule has 0 spiro atoms. The van der Waals surface area contributed by atoms with Crippen molar-refractivity contribution in [2.45, 2.75) is 26.7 Å². The highest BCUT2D eigenvalue weighted by Gasteiger charge is 2.18. The summed E-state index contributed by atoms with van der Waals surface area (Å²) < 4.78 is 0. The summed E-state index contributed by atoms with van der Waals surface area (Å²) in [5.74, 6) is 0.559. The van der Waals surface area contributed by atoms with E-state index < -0.39 is 0 Å². The van der Waals surface area contributed by atoms with Gasteiger partial charge in [0.1, 0.15) is 10.8 Å². The molecule has 3 aromatic rings. The van der Waals surface area contributed by atoms with Crippen LogP contribution in [-0.4, -0.2) is 10.8 Å². The number of carbonyl (C=O) groups is 1. The van der Waals surface area contributed by atoms with Crippen LogP contribution in [0.2, 0.25) is 5.02 Å². The predicted molar refractivity (Wildman–Crippen MR) is 116 cm³/mol. The molecular formula is C23H22ClNOS. The van der Waals surface area contributed by atoms with Gasteiger partial charge in [0.25, 0.3) is 0 Å². The van der Waals surface area contributed by atoms with Crippen LogP contribution in [0.5, 0.6) is 0 Å². The van der Waals surface area contributed by atoms with E-state index in [1.165, 1.54) is 0 Å². The Balaban J connectivity index is 2.02. The Morgan fingerprint density at radius 1 is 1.19 bits per heavy atom. The first-order chi connectivity index (χ1) is 13.0. The lowest BCUT2D eigenvalue weighted by Crippen LogP contribution is -2.07. The second kappa shape index (κ2) is 8.64. The number of hydrogen-bond donors (Lipinski definition) is 0. The maximum Gasteiger partial charge on any atom is 0.139 e. The zero-order valence-corrected chi connectivity index (χ0v) is 17.1. The second-order valence-corrected chi connectivity index (χ2v) is 8.38. The first kappa shape index (κ1) is 19.5. The maximum atomic E-state index is 12.4. The molecule has 1 heterocycles. The Morgan fingerprint density at radius 3 is 2.56 bits per heavy atom. The van der Waals surface area contributed by atoms with E-state index in [0.29, 0.717) is 23.8 Å². The molecule has 0 aliphatic heterocycles. The Kier molecular flexibility index (Phi) is 6.25. The number of aromatic nitrogens is 1. The van der Waals surface area contributed by atoms with Crippen molar-refractivity contribution >= 4 is 34.8 Å². The molecule has 0 atom stereocenters. The monoisotopic (exact) mass is 395 g/mol. The molecule has 3 rings (SSSR count). The van der Waals surface area contributed by atoms with E-state index in [9.17, 15) is 4.79 Å². The number of carbonyl (C=O) groups excluding carboxylic acids is 1. The van der Waals surface area contributed by atoms with Crippen molar-refractivity contribution in [3.8, 4) is 21.0 Å². The van der Waals surface area contributed by atoms with Gasteiger partial charge in [0.15, 0.2) is 0 Å². The molecule has 2 nitrogen and oxygen atoms in total. The fourth-order valence-corrected chi connectivity index (χ4v) is 4.20. The van der Waals surface area contributed by atoms with E-state index in [4.69, 9.17) is 16.6 Å². The molecule has 0 amide bonds. The standard InChI is InChI=1S/C23H22ClNOS/c1-4-16-8-10-17(11-9-16)23-25-21(14-20(26)12-15(2)3)22(27-23)18-6-5-7-19(24)13-18/h4-11,13,15H,1,12,14H2,2-3H3. The molecule has 0 fully saturated rings. The molecule has 0 N–H and O–H groups in total. The van der Waals surface area contributed by atoms with Gasteiger partial charge in [0, 0.05) is 17.0 Å². The van der Waals surface area contributed by atoms with Crippen LogP contribution in [0.25, 0.3) is 27.1 Å². The second-order valence-electron chi connectivity index (χ2n) is 6.94. The van der Waals surface area contributed by atoms with Crippen LogP contribution in [-0.2, 0) is 11.2 Å². The van der Waals surface area contributed by atoms with E-state index in [0.717, 1.165) is 32.3 Å². The zero-order chi connectivity index (χ0) is 19.4. The van der Waals surface area contributed by atoms with Crippen LogP contribution in [0.1, 0.15) is 31.5 Å². The topological polar surface area (TPSA) is 30.0 Å². The minimum Gasteiger partial charge on any atom is -0.299 e. The van der Waals surface area contributed by atoms with Gasteiger partial charge in [-0.1, -0.05) is 74.5 Å². The molecule has 0 unspecified atom stereocenters. The lowest BCUT2D eigenvalue weighted by molar-refractivity contribution is -0.119. The van der Waals surface area contributed by atoms with Gasteiger partial charge in [-0.25, -0.2) is 4.98 Å². The summed E-state index contributed by atoms with van der Waals surface area (Å²) >= 11 is 7.79. The normalized spacial score (nSPS) is 11.0.